The van der Waals surface area contributed by atoms with E-state index in [9.17, 15) is 5.26 Å². The van der Waals surface area contributed by atoms with Crippen LogP contribution < -0.4 is 5.32 Å². The van der Waals surface area contributed by atoms with Crippen molar-refractivity contribution in [2.45, 2.75) is 52.1 Å². The van der Waals surface area contributed by atoms with E-state index in [1.54, 1.807) is 0 Å². The Morgan fingerprint density at radius 1 is 1.35 bits per heavy atom. The van der Waals surface area contributed by atoms with Crippen LogP contribution in [0.15, 0.2) is 0 Å². The summed E-state index contributed by atoms with van der Waals surface area (Å²) >= 11 is 0. The summed E-state index contributed by atoms with van der Waals surface area (Å²) in [4.78, 5) is 2.29. The molecule has 1 fully saturated rings. The highest BCUT2D eigenvalue weighted by atomic mass is 15.2. The Labute approximate surface area is 106 Å². The molecule has 0 heterocycles. The third kappa shape index (κ3) is 4.29. The molecule has 0 aromatic rings. The van der Waals surface area contributed by atoms with E-state index in [2.05, 4.69) is 51.0 Å². The number of nitrogens with one attached hydrogen (secondary N) is 1. The highest BCUT2D eigenvalue weighted by Crippen LogP contribution is 2.40. The smallest absolute Gasteiger partial charge is 0.122 e. The zero-order valence-corrected chi connectivity index (χ0v) is 12.0. The Kier molecular flexibility index (Phi) is 4.97. The van der Waals surface area contributed by atoms with E-state index in [4.69, 9.17) is 0 Å². The molecule has 1 aliphatic carbocycles. The van der Waals surface area contributed by atoms with Gasteiger partial charge in [-0.25, -0.2) is 0 Å². The Morgan fingerprint density at radius 3 is 2.29 bits per heavy atom. The normalized spacial score (nSPS) is 19.7. The minimum Gasteiger partial charge on any atom is -0.303 e. The van der Waals surface area contributed by atoms with Crippen LogP contribution in [0.2, 0.25) is 0 Å². The highest BCUT2D eigenvalue weighted by Gasteiger charge is 2.46. The van der Waals surface area contributed by atoms with Crippen LogP contribution in [0.4, 0.5) is 0 Å². The van der Waals surface area contributed by atoms with Crippen LogP contribution in [0.3, 0.4) is 0 Å². The van der Waals surface area contributed by atoms with Gasteiger partial charge in [0.05, 0.1) is 6.07 Å². The summed E-state index contributed by atoms with van der Waals surface area (Å²) in [6, 6.07) is 2.92. The molecule has 1 saturated carbocycles. The molecule has 1 rings (SSSR count). The van der Waals surface area contributed by atoms with Gasteiger partial charge in [0.25, 0.3) is 0 Å². The molecule has 98 valence electrons. The lowest BCUT2D eigenvalue weighted by Gasteiger charge is -2.34. The molecular weight excluding hydrogens is 210 g/mol. The van der Waals surface area contributed by atoms with Crippen LogP contribution in [-0.4, -0.2) is 36.6 Å². The van der Waals surface area contributed by atoms with Gasteiger partial charge in [0.1, 0.15) is 5.54 Å². The van der Waals surface area contributed by atoms with Gasteiger partial charge >= 0.3 is 0 Å². The molecule has 1 atom stereocenters. The zero-order chi connectivity index (χ0) is 13.1. The molecule has 0 spiro atoms. The number of nitriles is 1. The molecule has 3 heteroatoms. The molecule has 0 bridgehead atoms. The lowest BCUT2D eigenvalue weighted by molar-refractivity contribution is 0.202. The third-order valence-corrected chi connectivity index (χ3v) is 3.22. The van der Waals surface area contributed by atoms with Crippen LogP contribution in [0.1, 0.15) is 40.5 Å². The fourth-order valence-corrected chi connectivity index (χ4v) is 2.66. The van der Waals surface area contributed by atoms with Crippen LogP contribution >= 0.6 is 0 Å². The first kappa shape index (κ1) is 14.5. The second kappa shape index (κ2) is 5.84. The summed E-state index contributed by atoms with van der Waals surface area (Å²) in [5.41, 5.74) is -0.336. The minimum absolute atomic E-state index is 0.336. The molecule has 0 saturated heterocycles. The van der Waals surface area contributed by atoms with E-state index < -0.39 is 0 Å². The Bertz CT molecular complexity index is 276. The molecule has 0 radical (unpaired) electrons. The standard InChI is InChI=1S/C14H27N3/c1-11(2)8-17(5)10-14(9-15,13-6-7-13)16-12(3)4/h11-13,16H,6-8,10H2,1-5H3. The number of hydrogen-bond acceptors (Lipinski definition) is 3. The molecule has 0 aromatic carbocycles. The minimum atomic E-state index is -0.336. The van der Waals surface area contributed by atoms with Gasteiger partial charge in [-0.3, -0.25) is 5.32 Å². The van der Waals surface area contributed by atoms with E-state index in [0.29, 0.717) is 17.9 Å². The Morgan fingerprint density at radius 2 is 1.94 bits per heavy atom. The van der Waals surface area contributed by atoms with Crippen LogP contribution in [-0.2, 0) is 0 Å². The Balaban J connectivity index is 2.66. The summed E-state index contributed by atoms with van der Waals surface area (Å²) in [6.07, 6.45) is 2.39. The molecule has 0 aromatic heterocycles. The van der Waals surface area contributed by atoms with Crippen molar-refractivity contribution in [3.8, 4) is 6.07 Å². The monoisotopic (exact) mass is 237 g/mol. The number of hydrogen-bond donors (Lipinski definition) is 1. The van der Waals surface area contributed by atoms with Gasteiger partial charge in [-0.15, -0.1) is 0 Å². The molecule has 17 heavy (non-hydrogen) atoms. The topological polar surface area (TPSA) is 39.1 Å². The highest BCUT2D eigenvalue weighted by molar-refractivity contribution is 5.17. The van der Waals surface area contributed by atoms with Crippen molar-refractivity contribution in [3.05, 3.63) is 0 Å². The first-order chi connectivity index (χ1) is 7.89. The summed E-state index contributed by atoms with van der Waals surface area (Å²) in [5.74, 6) is 1.19. The molecule has 1 N–H and O–H groups in total. The van der Waals surface area contributed by atoms with Crippen molar-refractivity contribution in [2.75, 3.05) is 20.1 Å². The fraction of sp³-hybridized carbons (Fsp3) is 0.929. The lowest BCUT2D eigenvalue weighted by atomic mass is 9.93. The predicted octanol–water partition coefficient (Wildman–Crippen LogP) is 2.24. The van der Waals surface area contributed by atoms with Gasteiger partial charge in [0.15, 0.2) is 0 Å². The predicted molar refractivity (Wildman–Crippen MR) is 71.7 cm³/mol. The first-order valence-corrected chi connectivity index (χ1v) is 6.77. The number of rotatable bonds is 7. The van der Waals surface area contributed by atoms with E-state index in [-0.39, 0.29) is 5.54 Å². The zero-order valence-electron chi connectivity index (χ0n) is 12.0. The van der Waals surface area contributed by atoms with Gasteiger partial charge in [0.2, 0.25) is 0 Å². The van der Waals surface area contributed by atoms with Crippen molar-refractivity contribution < 1.29 is 0 Å². The third-order valence-electron chi connectivity index (χ3n) is 3.22. The van der Waals surface area contributed by atoms with E-state index in [1.807, 2.05) is 0 Å². The maximum Gasteiger partial charge on any atom is 0.122 e. The van der Waals surface area contributed by atoms with Gasteiger partial charge in [-0.05, 0) is 45.6 Å². The van der Waals surface area contributed by atoms with E-state index >= 15 is 0 Å². The van der Waals surface area contributed by atoms with Gasteiger partial charge < -0.3 is 4.90 Å². The van der Waals surface area contributed by atoms with Crippen molar-refractivity contribution in [3.63, 3.8) is 0 Å². The summed E-state index contributed by atoms with van der Waals surface area (Å²) in [7, 11) is 2.12. The van der Waals surface area contributed by atoms with Gasteiger partial charge in [-0.2, -0.15) is 5.26 Å². The van der Waals surface area contributed by atoms with Gasteiger partial charge in [0, 0.05) is 19.1 Å². The average Bonchev–Trinajstić information content (AvgIpc) is 2.97. The van der Waals surface area contributed by atoms with Crippen molar-refractivity contribution >= 4 is 0 Å². The lowest BCUT2D eigenvalue weighted by Crippen LogP contribution is -2.56. The number of nitrogens with zero attached hydrogens (tertiary/aromatic N) is 2. The van der Waals surface area contributed by atoms with Crippen molar-refractivity contribution in [2.24, 2.45) is 11.8 Å². The largest absolute Gasteiger partial charge is 0.303 e. The van der Waals surface area contributed by atoms with Gasteiger partial charge in [-0.1, -0.05) is 13.8 Å². The summed E-state index contributed by atoms with van der Waals surface area (Å²) < 4.78 is 0. The molecule has 1 unspecified atom stereocenters. The van der Waals surface area contributed by atoms with Crippen LogP contribution in [0.25, 0.3) is 0 Å². The SMILES string of the molecule is CC(C)CN(C)CC(C#N)(NC(C)C)C1CC1. The summed E-state index contributed by atoms with van der Waals surface area (Å²) in [6.45, 7) is 10.6. The number of likely N-dealkylation sites (N-methyl/N-ethyl adjacent to an activating group) is 1. The van der Waals surface area contributed by atoms with Crippen molar-refractivity contribution in [1.29, 1.82) is 5.26 Å². The summed E-state index contributed by atoms with van der Waals surface area (Å²) in [5, 5.41) is 13.1. The quantitative estimate of drug-likeness (QED) is 0.738. The maximum atomic E-state index is 9.58. The molecular formula is C14H27N3. The maximum absolute atomic E-state index is 9.58. The average molecular weight is 237 g/mol. The first-order valence-electron chi connectivity index (χ1n) is 6.77. The van der Waals surface area contributed by atoms with Crippen molar-refractivity contribution in [1.82, 2.24) is 10.2 Å². The van der Waals surface area contributed by atoms with E-state index in [1.165, 1.54) is 12.8 Å². The van der Waals surface area contributed by atoms with E-state index in [0.717, 1.165) is 13.1 Å². The molecule has 0 aliphatic heterocycles. The Hall–Kier alpha value is -0.590. The molecule has 1 aliphatic rings. The molecule has 0 amide bonds. The molecule has 3 nitrogen and oxygen atoms in total. The van der Waals surface area contributed by atoms with Crippen LogP contribution in [0, 0.1) is 23.2 Å². The second-order valence-corrected chi connectivity index (χ2v) is 6.25. The second-order valence-electron chi connectivity index (χ2n) is 6.25. The van der Waals surface area contributed by atoms with Crippen LogP contribution in [0.5, 0.6) is 0 Å². The fourth-order valence-electron chi connectivity index (χ4n) is 2.66.